The van der Waals surface area contributed by atoms with Crippen molar-refractivity contribution in [1.29, 1.82) is 0 Å². The van der Waals surface area contributed by atoms with Gasteiger partial charge in [-0.05, 0) is 50.1 Å². The molecule has 112 valence electrons. The molecule has 0 aliphatic carbocycles. The molecule has 1 heterocycles. The van der Waals surface area contributed by atoms with Gasteiger partial charge in [-0.25, -0.2) is 9.97 Å². The Morgan fingerprint density at radius 3 is 2.52 bits per heavy atom. The van der Waals surface area contributed by atoms with E-state index in [1.807, 2.05) is 31.2 Å². The van der Waals surface area contributed by atoms with Crippen LogP contribution in [0, 0.1) is 6.92 Å². The minimum absolute atomic E-state index is 0.0732. The van der Waals surface area contributed by atoms with E-state index in [-0.39, 0.29) is 6.04 Å². The fourth-order valence-electron chi connectivity index (χ4n) is 2.20. The molecule has 1 unspecified atom stereocenters. The van der Waals surface area contributed by atoms with Gasteiger partial charge in [-0.2, -0.15) is 0 Å². The third kappa shape index (κ3) is 4.40. The van der Waals surface area contributed by atoms with Crippen LogP contribution in [0.1, 0.15) is 36.5 Å². The van der Waals surface area contributed by atoms with E-state index in [0.717, 1.165) is 30.0 Å². The van der Waals surface area contributed by atoms with E-state index in [0.29, 0.717) is 16.5 Å². The number of nitrogens with one attached hydrogen (secondary N) is 1. The Morgan fingerprint density at radius 2 is 1.90 bits per heavy atom. The molecule has 2 rings (SSSR count). The lowest BCUT2D eigenvalue weighted by Gasteiger charge is -2.19. The van der Waals surface area contributed by atoms with Crippen molar-refractivity contribution in [2.45, 2.75) is 32.7 Å². The van der Waals surface area contributed by atoms with Crippen LogP contribution < -0.4 is 5.32 Å². The minimum atomic E-state index is 0.0732. The van der Waals surface area contributed by atoms with Crippen molar-refractivity contribution < 1.29 is 0 Å². The van der Waals surface area contributed by atoms with Crippen LogP contribution in [0.2, 0.25) is 10.0 Å². The van der Waals surface area contributed by atoms with Gasteiger partial charge >= 0.3 is 0 Å². The molecule has 1 aromatic carbocycles. The minimum Gasteiger partial charge on any atom is -0.308 e. The van der Waals surface area contributed by atoms with Crippen molar-refractivity contribution in [3.05, 3.63) is 57.6 Å². The molecule has 0 amide bonds. The summed E-state index contributed by atoms with van der Waals surface area (Å²) in [6.45, 7) is 4.94. The molecule has 0 radical (unpaired) electrons. The molecule has 1 aromatic heterocycles. The van der Waals surface area contributed by atoms with Gasteiger partial charge in [-0.1, -0.05) is 36.2 Å². The molecule has 3 nitrogen and oxygen atoms in total. The number of aromatic nitrogens is 2. The second kappa shape index (κ2) is 7.74. The molecule has 0 aliphatic rings. The van der Waals surface area contributed by atoms with Crippen molar-refractivity contribution in [3.8, 4) is 0 Å². The summed E-state index contributed by atoms with van der Waals surface area (Å²) in [6.07, 6.45) is 3.54. The predicted molar refractivity (Wildman–Crippen MR) is 88.0 cm³/mol. The van der Waals surface area contributed by atoms with Crippen molar-refractivity contribution in [3.63, 3.8) is 0 Å². The highest BCUT2D eigenvalue weighted by molar-refractivity contribution is 6.36. The second-order valence-corrected chi connectivity index (χ2v) is 5.75. The molecular weight excluding hydrogens is 305 g/mol. The molecule has 0 aliphatic heterocycles. The second-order valence-electron chi connectivity index (χ2n) is 4.94. The Balaban J connectivity index is 2.28. The lowest BCUT2D eigenvalue weighted by Crippen LogP contribution is -2.25. The highest BCUT2D eigenvalue weighted by Crippen LogP contribution is 2.28. The Bertz CT molecular complexity index is 582. The zero-order valence-corrected chi connectivity index (χ0v) is 13.7. The Morgan fingerprint density at radius 1 is 1.19 bits per heavy atom. The van der Waals surface area contributed by atoms with Gasteiger partial charge in [-0.3, -0.25) is 0 Å². The van der Waals surface area contributed by atoms with Crippen molar-refractivity contribution in [1.82, 2.24) is 15.3 Å². The summed E-state index contributed by atoms with van der Waals surface area (Å²) in [5, 5.41) is 4.89. The van der Waals surface area contributed by atoms with Gasteiger partial charge in [0.1, 0.15) is 5.82 Å². The largest absolute Gasteiger partial charge is 0.308 e. The zero-order chi connectivity index (χ0) is 15.2. The number of rotatable bonds is 6. The monoisotopic (exact) mass is 323 g/mol. The molecule has 0 bridgehead atoms. The summed E-state index contributed by atoms with van der Waals surface area (Å²) < 4.78 is 0. The first-order valence-electron chi connectivity index (χ1n) is 7.07. The maximum Gasteiger partial charge on any atom is 0.125 e. The number of benzene rings is 1. The highest BCUT2D eigenvalue weighted by atomic mass is 35.5. The normalized spacial score (nSPS) is 12.4. The highest BCUT2D eigenvalue weighted by Gasteiger charge is 2.17. The first-order chi connectivity index (χ1) is 10.1. The summed E-state index contributed by atoms with van der Waals surface area (Å²) in [4.78, 5) is 8.68. The molecule has 0 fully saturated rings. The summed E-state index contributed by atoms with van der Waals surface area (Å²) in [5.41, 5.74) is 1.91. The number of hydrogen-bond acceptors (Lipinski definition) is 3. The molecule has 0 spiro atoms. The third-order valence-corrected chi connectivity index (χ3v) is 3.97. The fraction of sp³-hybridized carbons (Fsp3) is 0.375. The van der Waals surface area contributed by atoms with Gasteiger partial charge in [0.25, 0.3) is 0 Å². The van der Waals surface area contributed by atoms with E-state index in [4.69, 9.17) is 23.2 Å². The topological polar surface area (TPSA) is 37.8 Å². The van der Waals surface area contributed by atoms with Gasteiger partial charge in [0.15, 0.2) is 0 Å². The van der Waals surface area contributed by atoms with E-state index < -0.39 is 0 Å². The van der Waals surface area contributed by atoms with Crippen LogP contribution in [-0.2, 0) is 6.42 Å². The summed E-state index contributed by atoms with van der Waals surface area (Å²) in [6, 6.07) is 7.60. The van der Waals surface area contributed by atoms with E-state index in [1.54, 1.807) is 6.20 Å². The van der Waals surface area contributed by atoms with Gasteiger partial charge < -0.3 is 5.32 Å². The molecule has 0 saturated heterocycles. The van der Waals surface area contributed by atoms with Crippen LogP contribution in [0.15, 0.2) is 30.5 Å². The van der Waals surface area contributed by atoms with E-state index in [1.165, 1.54) is 0 Å². The van der Waals surface area contributed by atoms with Crippen molar-refractivity contribution >= 4 is 23.2 Å². The molecule has 1 atom stereocenters. The summed E-state index contributed by atoms with van der Waals surface area (Å²) >= 11 is 12.6. The van der Waals surface area contributed by atoms with E-state index >= 15 is 0 Å². The van der Waals surface area contributed by atoms with Crippen LogP contribution in [-0.4, -0.2) is 16.5 Å². The molecule has 2 aromatic rings. The average Bonchev–Trinajstić information content (AvgIpc) is 2.46. The first kappa shape index (κ1) is 16.2. The van der Waals surface area contributed by atoms with Crippen molar-refractivity contribution in [2.75, 3.05) is 6.54 Å². The van der Waals surface area contributed by atoms with Crippen molar-refractivity contribution in [2.24, 2.45) is 0 Å². The van der Waals surface area contributed by atoms with Crippen LogP contribution in [0.5, 0.6) is 0 Å². The average molecular weight is 324 g/mol. The van der Waals surface area contributed by atoms with E-state index in [2.05, 4.69) is 22.2 Å². The Kier molecular flexibility index (Phi) is 5.97. The summed E-state index contributed by atoms with van der Waals surface area (Å²) in [7, 11) is 0. The zero-order valence-electron chi connectivity index (χ0n) is 12.2. The standard InChI is InChI=1S/C16H19Cl2N3/c1-3-8-20-16(15-7-9-19-11(2)21-15)10-12-13(17)5-4-6-14(12)18/h4-7,9,16,20H,3,8,10H2,1-2H3. The molecular formula is C16H19Cl2N3. The van der Waals surface area contributed by atoms with Gasteiger partial charge in [0.05, 0.1) is 11.7 Å². The summed E-state index contributed by atoms with van der Waals surface area (Å²) in [5.74, 6) is 0.765. The maximum atomic E-state index is 6.28. The lowest BCUT2D eigenvalue weighted by molar-refractivity contribution is 0.515. The first-order valence-corrected chi connectivity index (χ1v) is 7.83. The van der Waals surface area contributed by atoms with Crippen LogP contribution in [0.25, 0.3) is 0 Å². The van der Waals surface area contributed by atoms with Crippen LogP contribution >= 0.6 is 23.2 Å². The number of nitrogens with zero attached hydrogens (tertiary/aromatic N) is 2. The fourth-order valence-corrected chi connectivity index (χ4v) is 2.75. The SMILES string of the molecule is CCCNC(Cc1c(Cl)cccc1Cl)c1ccnc(C)n1. The maximum absolute atomic E-state index is 6.28. The van der Waals surface area contributed by atoms with E-state index in [9.17, 15) is 0 Å². The smallest absolute Gasteiger partial charge is 0.125 e. The van der Waals surface area contributed by atoms with Crippen LogP contribution in [0.4, 0.5) is 0 Å². The Hall–Kier alpha value is -1.16. The molecule has 0 saturated carbocycles. The molecule has 1 N–H and O–H groups in total. The number of aryl methyl sites for hydroxylation is 1. The van der Waals surface area contributed by atoms with Crippen LogP contribution in [0.3, 0.4) is 0 Å². The number of hydrogen-bond donors (Lipinski definition) is 1. The molecule has 21 heavy (non-hydrogen) atoms. The quantitative estimate of drug-likeness (QED) is 0.857. The third-order valence-electron chi connectivity index (χ3n) is 3.27. The van der Waals surface area contributed by atoms with Gasteiger partial charge in [0, 0.05) is 16.2 Å². The predicted octanol–water partition coefficient (Wildman–Crippen LogP) is 4.38. The van der Waals surface area contributed by atoms with Gasteiger partial charge in [0.2, 0.25) is 0 Å². The Labute approximate surface area is 135 Å². The molecule has 5 heteroatoms. The lowest BCUT2D eigenvalue weighted by atomic mass is 10.0. The van der Waals surface area contributed by atoms with Gasteiger partial charge in [-0.15, -0.1) is 0 Å². The number of halogens is 2.